The summed E-state index contributed by atoms with van der Waals surface area (Å²) < 4.78 is 14.3. The minimum atomic E-state index is 0. The zero-order valence-corrected chi connectivity index (χ0v) is 70.5. The van der Waals surface area contributed by atoms with Crippen LogP contribution in [0, 0.1) is 20.8 Å². The Morgan fingerprint density at radius 3 is 1.19 bits per heavy atom. The van der Waals surface area contributed by atoms with E-state index in [1.807, 2.05) is 212 Å². The van der Waals surface area contributed by atoms with E-state index in [9.17, 15) is 0 Å². The normalized spacial score (nSPS) is 11.2. The van der Waals surface area contributed by atoms with Crippen molar-refractivity contribution in [1.82, 2.24) is 126 Å². The lowest BCUT2D eigenvalue weighted by molar-refractivity contribution is 0.800. The van der Waals surface area contributed by atoms with Gasteiger partial charge in [0.05, 0.1) is 92.2 Å². The summed E-state index contributed by atoms with van der Waals surface area (Å²) in [6, 6.07) is 15.8. The van der Waals surface area contributed by atoms with E-state index >= 15 is 0 Å². The minimum Gasteiger partial charge on any atom is -0.367 e. The lowest BCUT2D eigenvalue weighted by atomic mass is 10.1. The number of nitrogens with one attached hydrogen (secondary N) is 8. The van der Waals surface area contributed by atoms with Crippen molar-refractivity contribution in [2.75, 3.05) is 42.1 Å². The fourth-order valence-electron chi connectivity index (χ4n) is 13.3. The number of rotatable bonds is 20. The van der Waals surface area contributed by atoms with Gasteiger partial charge in [0, 0.05) is 132 Å². The Balaban J connectivity index is 0.000000129. The first-order valence-corrected chi connectivity index (χ1v) is 40.1. The van der Waals surface area contributed by atoms with Crippen LogP contribution in [0.2, 0.25) is 0 Å². The number of aromatic amines is 5. The molecule has 0 amide bonds. The Bertz CT molecular complexity index is 6680. The first-order chi connectivity index (χ1) is 56.8. The number of imidazole rings is 7. The van der Waals surface area contributed by atoms with E-state index in [1.165, 1.54) is 22.3 Å². The molecule has 19 heterocycles. The number of nitrogens with two attached hydrogens (primary N) is 1. The van der Waals surface area contributed by atoms with Gasteiger partial charge in [0.15, 0.2) is 56.3 Å². The van der Waals surface area contributed by atoms with Crippen LogP contribution in [0.4, 0.5) is 17.5 Å². The zero-order chi connectivity index (χ0) is 81.8. The first-order valence-electron chi connectivity index (χ1n) is 37.8. The number of anilines is 3. The highest BCUT2D eigenvalue weighted by Crippen LogP contribution is 2.29. The van der Waals surface area contributed by atoms with E-state index in [-0.39, 0.29) is 1.43 Å². The predicted molar refractivity (Wildman–Crippen MR) is 476 cm³/mol. The smallest absolute Gasteiger partial charge is 0.180 e. The molecule has 0 aliphatic carbocycles. The van der Waals surface area contributed by atoms with Gasteiger partial charge in [-0.2, -0.15) is 0 Å². The van der Waals surface area contributed by atoms with E-state index in [2.05, 4.69) is 191 Å². The fraction of sp³-hybridized carbons (Fsp3) is 0.202. The van der Waals surface area contributed by atoms with Gasteiger partial charge >= 0.3 is 0 Å². The van der Waals surface area contributed by atoms with Gasteiger partial charge in [-0.15, -0.1) is 0 Å². The second kappa shape index (κ2) is 36.6. The summed E-state index contributed by atoms with van der Waals surface area (Å²) in [6.45, 7) is 30.9. The van der Waals surface area contributed by atoms with Gasteiger partial charge in [0.2, 0.25) is 0 Å². The second-order valence-electron chi connectivity index (χ2n) is 27.8. The number of halogens is 3. The van der Waals surface area contributed by atoms with Gasteiger partial charge in [-0.25, -0.2) is 54.8 Å². The monoisotopic (exact) mass is 1750 g/mol. The second-order valence-corrected chi connectivity index (χ2v) is 30.2. The van der Waals surface area contributed by atoms with Gasteiger partial charge in [-0.1, -0.05) is 33.6 Å². The molecule has 117 heavy (non-hydrogen) atoms. The van der Waals surface area contributed by atoms with Crippen LogP contribution in [0.15, 0.2) is 218 Å². The molecule has 0 aliphatic rings. The first kappa shape index (κ1) is 80.5. The van der Waals surface area contributed by atoms with Crippen LogP contribution in [0.3, 0.4) is 0 Å². The van der Waals surface area contributed by atoms with Crippen molar-refractivity contribution in [1.29, 1.82) is 0 Å². The van der Waals surface area contributed by atoms with Crippen molar-refractivity contribution < 1.29 is 1.43 Å². The molecular weight excluding hydrogens is 1670 g/mol. The number of hydrogen-bond acceptors (Lipinski definition) is 19. The van der Waals surface area contributed by atoms with Crippen LogP contribution in [0.25, 0.3) is 95.1 Å². The molecule has 19 aromatic heterocycles. The molecular formula is C84H89Br3N30. The summed E-state index contributed by atoms with van der Waals surface area (Å²) in [5.74, 6) is 6.90. The van der Waals surface area contributed by atoms with Crippen molar-refractivity contribution in [2.45, 2.75) is 87.0 Å². The highest BCUT2D eigenvalue weighted by atomic mass is 79.9. The quantitative estimate of drug-likeness (QED) is 0.0342. The Morgan fingerprint density at radius 2 is 0.812 bits per heavy atom. The Kier molecular flexibility index (Phi) is 25.2. The standard InChI is InChI=1S/C22H24N8.C22H22N8.C18H17BrN6.C9H7Br2N3.C9H11N3.C4H6N2.H2/c2*1-14(2)18-12-27-22-21(28-19(13-30(18)22)29-10-9-23-15(29)3)25-8-6-16-11-26-17-5-4-7-24-20(16)17;1-11(2)14-9-23-18-17(24-15(19)10-25(14)18)21-7-5-12-8-22-13-4-3-6-20-16(12)13;1-5(2)6-3-12-9-8(11)13-7(10)4-14(6)9;10-4-3-7-6-12-8-2-1-5-11-9(7)8;1-4-5-2-3-6-4;/h4-5,7,9-14,26H,6,8H2,1-3H3,(H,25,28);4-5,7,9-13,26H,1,6,8H2,2-3H3,(H,25,28);3-4,6,8-10,22H,1,5,7H2,2H3,(H,21,24);3-4H,1H2,2H3;1-2,5-6,12H,3-4,10H2;2-3H,1H3,(H,5,6);1H. The summed E-state index contributed by atoms with van der Waals surface area (Å²) in [5.41, 5.74) is 28.7. The maximum Gasteiger partial charge on any atom is 0.180 e. The topological polar surface area (TPSA) is 362 Å². The molecule has 0 aromatic carbocycles. The largest absolute Gasteiger partial charge is 0.367 e. The molecule has 0 aliphatic heterocycles. The predicted octanol–water partition coefficient (Wildman–Crippen LogP) is 17.0. The van der Waals surface area contributed by atoms with E-state index in [0.29, 0.717) is 19.0 Å². The number of nitrogens with zero attached hydrogens (tertiary/aromatic N) is 21. The number of H-pyrrole nitrogens is 5. The minimum absolute atomic E-state index is 0. The molecule has 0 atom stereocenters. The van der Waals surface area contributed by atoms with E-state index in [1.54, 1.807) is 37.2 Å². The van der Waals surface area contributed by atoms with Gasteiger partial charge < -0.3 is 46.6 Å². The number of allylic oxidation sites excluding steroid dienone is 3. The Labute approximate surface area is 699 Å². The highest BCUT2D eigenvalue weighted by molar-refractivity contribution is 9.11. The number of fused-ring (bicyclic) bond motifs is 8. The SMILES string of the molecule is C=C(C)c1cnc2c(Br)nc(Br)cn12.C=C(C)c1cnc2c(NCCc3c[nH]c4cccnc34)nc(-n3ccnc3C)cn12.C=C(C)c1cnc2c(NCCc3c[nH]c4cccnc34)nc(Br)cn12.Cc1ncc[nH]1.Cc1nccn1-c1cn2c(C(C)C)cnc2c(NCCc2c[nH]c3cccnc23)n1.NCCc1c[nH]c2cccnc12.[HH]. The van der Waals surface area contributed by atoms with Gasteiger partial charge in [-0.05, 0) is 215 Å². The van der Waals surface area contributed by atoms with E-state index in [4.69, 9.17) is 15.7 Å². The summed E-state index contributed by atoms with van der Waals surface area (Å²) in [5, 5.41) is 10.3. The van der Waals surface area contributed by atoms with Crippen molar-refractivity contribution in [3.63, 3.8) is 0 Å². The summed E-state index contributed by atoms with van der Waals surface area (Å²) in [7, 11) is 0. The zero-order valence-electron chi connectivity index (χ0n) is 65.8. The average molecular weight is 1760 g/mol. The van der Waals surface area contributed by atoms with Gasteiger partial charge in [-0.3, -0.25) is 46.7 Å². The molecule has 0 bridgehead atoms. The Hall–Kier alpha value is -13.1. The molecule has 0 unspecified atom stereocenters. The average Bonchev–Trinajstić information content (AvgIpc) is 1.53. The van der Waals surface area contributed by atoms with Crippen LogP contribution in [0.1, 0.15) is 104 Å². The number of aromatic nitrogens is 26. The van der Waals surface area contributed by atoms with Crippen molar-refractivity contribution in [3.05, 3.63) is 281 Å². The molecule has 33 heteroatoms. The van der Waals surface area contributed by atoms with Crippen LogP contribution < -0.4 is 21.7 Å². The molecule has 10 N–H and O–H groups in total. The van der Waals surface area contributed by atoms with Gasteiger partial charge in [0.25, 0.3) is 0 Å². The van der Waals surface area contributed by atoms with Crippen molar-refractivity contribution >= 4 is 149 Å². The molecule has 0 fully saturated rings. The van der Waals surface area contributed by atoms with Gasteiger partial charge in [0.1, 0.15) is 26.7 Å². The van der Waals surface area contributed by atoms with Crippen molar-refractivity contribution in [3.8, 4) is 11.6 Å². The number of pyridine rings is 4. The summed E-state index contributed by atoms with van der Waals surface area (Å²) in [4.78, 5) is 82.5. The van der Waals surface area contributed by atoms with Crippen LogP contribution in [-0.4, -0.2) is 153 Å². The summed E-state index contributed by atoms with van der Waals surface area (Å²) in [6.07, 6.45) is 44.7. The fourth-order valence-corrected chi connectivity index (χ4v) is 14.8. The van der Waals surface area contributed by atoms with Crippen LogP contribution >= 0.6 is 47.8 Å². The number of aryl methyl sites for hydroxylation is 3. The number of hydrogen-bond donors (Lipinski definition) is 9. The van der Waals surface area contributed by atoms with Crippen LogP contribution in [-0.2, 0) is 25.7 Å². The maximum atomic E-state index is 5.47. The lowest BCUT2D eigenvalue weighted by Crippen LogP contribution is -2.11. The third kappa shape index (κ3) is 18.4. The summed E-state index contributed by atoms with van der Waals surface area (Å²) >= 11 is 10.2. The lowest BCUT2D eigenvalue weighted by Gasteiger charge is -2.13. The third-order valence-electron chi connectivity index (χ3n) is 19.1. The van der Waals surface area contributed by atoms with Crippen molar-refractivity contribution in [2.24, 2.45) is 5.73 Å². The molecule has 19 rings (SSSR count). The third-order valence-corrected chi connectivity index (χ3v) is 20.4. The molecule has 30 nitrogen and oxygen atoms in total. The van der Waals surface area contributed by atoms with E-state index < -0.39 is 0 Å². The van der Waals surface area contributed by atoms with E-state index in [0.717, 1.165) is 205 Å². The molecule has 0 saturated heterocycles. The molecule has 19 aromatic rings. The maximum absolute atomic E-state index is 5.47. The molecule has 0 spiro atoms. The van der Waals surface area contributed by atoms with Crippen LogP contribution in [0.5, 0.6) is 0 Å². The highest BCUT2D eigenvalue weighted by Gasteiger charge is 2.20. The molecule has 0 saturated carbocycles. The molecule has 596 valence electrons. The molecule has 0 radical (unpaired) electrons. The Morgan fingerprint density at radius 1 is 0.436 bits per heavy atom.